The van der Waals surface area contributed by atoms with E-state index in [2.05, 4.69) is 13.8 Å². The molecule has 0 radical (unpaired) electrons. The molecule has 0 aromatic heterocycles. The van der Waals surface area contributed by atoms with E-state index < -0.39 is 10.0 Å². The van der Waals surface area contributed by atoms with Gasteiger partial charge in [-0.25, -0.2) is 8.42 Å². The third-order valence-electron chi connectivity index (χ3n) is 5.32. The van der Waals surface area contributed by atoms with Crippen molar-refractivity contribution in [1.82, 2.24) is 4.90 Å². The summed E-state index contributed by atoms with van der Waals surface area (Å²) >= 11 is 0. The number of anilines is 1. The highest BCUT2D eigenvalue weighted by molar-refractivity contribution is 7.92. The molecule has 2 aromatic rings. The van der Waals surface area contributed by atoms with E-state index in [0.29, 0.717) is 17.8 Å². The lowest BCUT2D eigenvalue weighted by Crippen LogP contribution is -2.43. The molecule has 28 heavy (non-hydrogen) atoms. The molecule has 1 aliphatic heterocycles. The van der Waals surface area contributed by atoms with E-state index in [1.54, 1.807) is 48.5 Å². The summed E-state index contributed by atoms with van der Waals surface area (Å²) in [6, 6.07) is 13.6. The highest BCUT2D eigenvalue weighted by atomic mass is 32.2. The van der Waals surface area contributed by atoms with Crippen LogP contribution >= 0.6 is 0 Å². The summed E-state index contributed by atoms with van der Waals surface area (Å²) in [7, 11) is -2.17. The first-order valence-corrected chi connectivity index (χ1v) is 11.0. The number of aryl methyl sites for hydroxylation is 1. The van der Waals surface area contributed by atoms with Gasteiger partial charge in [0, 0.05) is 25.7 Å². The van der Waals surface area contributed by atoms with Crippen LogP contribution in [0.15, 0.2) is 53.4 Å². The van der Waals surface area contributed by atoms with Crippen molar-refractivity contribution < 1.29 is 13.2 Å². The molecule has 2 aromatic carbocycles. The Kier molecular flexibility index (Phi) is 5.53. The van der Waals surface area contributed by atoms with Crippen molar-refractivity contribution in [3.05, 3.63) is 59.7 Å². The molecule has 0 N–H and O–H groups in total. The third kappa shape index (κ3) is 4.22. The minimum Gasteiger partial charge on any atom is -0.338 e. The van der Waals surface area contributed by atoms with Gasteiger partial charge in [0.15, 0.2) is 0 Å². The first-order valence-electron chi connectivity index (χ1n) is 9.55. The molecule has 3 rings (SSSR count). The fourth-order valence-corrected chi connectivity index (χ4v) is 4.81. The van der Waals surface area contributed by atoms with Crippen molar-refractivity contribution in [1.29, 1.82) is 0 Å². The number of nitrogens with zero attached hydrogens (tertiary/aromatic N) is 2. The molecule has 1 fully saturated rings. The van der Waals surface area contributed by atoms with Gasteiger partial charge in [0.25, 0.3) is 15.9 Å². The molecular weight excluding hydrogens is 372 g/mol. The summed E-state index contributed by atoms with van der Waals surface area (Å²) < 4.78 is 27.1. The van der Waals surface area contributed by atoms with Crippen molar-refractivity contribution in [2.45, 2.75) is 38.5 Å². The number of hydrogen-bond acceptors (Lipinski definition) is 3. The van der Waals surface area contributed by atoms with Crippen molar-refractivity contribution in [3.63, 3.8) is 0 Å². The van der Waals surface area contributed by atoms with Gasteiger partial charge in [-0.05, 0) is 55.5 Å². The summed E-state index contributed by atoms with van der Waals surface area (Å²) in [5.41, 5.74) is 2.10. The van der Waals surface area contributed by atoms with Crippen LogP contribution in [0.1, 0.15) is 42.6 Å². The molecule has 5 nitrogen and oxygen atoms in total. The number of hydrogen-bond donors (Lipinski definition) is 0. The first-order chi connectivity index (χ1) is 13.1. The monoisotopic (exact) mass is 400 g/mol. The molecule has 1 saturated heterocycles. The zero-order valence-corrected chi connectivity index (χ0v) is 17.8. The fourth-order valence-electron chi connectivity index (χ4n) is 3.62. The summed E-state index contributed by atoms with van der Waals surface area (Å²) in [5, 5.41) is 0. The summed E-state index contributed by atoms with van der Waals surface area (Å²) in [4.78, 5) is 15.1. The Balaban J connectivity index is 1.86. The zero-order chi connectivity index (χ0) is 20.5. The zero-order valence-electron chi connectivity index (χ0n) is 17.0. The molecule has 6 heteroatoms. The molecule has 1 aliphatic rings. The van der Waals surface area contributed by atoms with E-state index >= 15 is 0 Å². The number of sulfonamides is 1. The predicted molar refractivity (Wildman–Crippen MR) is 112 cm³/mol. The van der Waals surface area contributed by atoms with Crippen molar-refractivity contribution >= 4 is 21.6 Å². The topological polar surface area (TPSA) is 57.7 Å². The van der Waals surface area contributed by atoms with Gasteiger partial charge >= 0.3 is 0 Å². The van der Waals surface area contributed by atoms with Gasteiger partial charge in [-0.15, -0.1) is 0 Å². The number of carbonyl (C=O) groups excluding carboxylic acids is 1. The Morgan fingerprint density at radius 1 is 1.11 bits per heavy atom. The van der Waals surface area contributed by atoms with Gasteiger partial charge in [-0.1, -0.05) is 37.6 Å². The maximum atomic E-state index is 13.0. The van der Waals surface area contributed by atoms with Gasteiger partial charge in [-0.2, -0.15) is 0 Å². The van der Waals surface area contributed by atoms with Crippen LogP contribution in [0.3, 0.4) is 0 Å². The highest BCUT2D eigenvalue weighted by Crippen LogP contribution is 2.30. The minimum absolute atomic E-state index is 0.0456. The summed E-state index contributed by atoms with van der Waals surface area (Å²) in [5.74, 6) is -0.0456. The Morgan fingerprint density at radius 2 is 1.79 bits per heavy atom. The van der Waals surface area contributed by atoms with Crippen LogP contribution < -0.4 is 4.31 Å². The number of amides is 1. The second-order valence-corrected chi connectivity index (χ2v) is 10.3. The molecule has 0 unspecified atom stereocenters. The van der Waals surface area contributed by atoms with E-state index in [9.17, 15) is 13.2 Å². The van der Waals surface area contributed by atoms with E-state index in [-0.39, 0.29) is 16.2 Å². The van der Waals surface area contributed by atoms with Crippen LogP contribution in [0, 0.1) is 12.3 Å². The van der Waals surface area contributed by atoms with Crippen LogP contribution in [0.2, 0.25) is 0 Å². The molecule has 0 atom stereocenters. The fraction of sp³-hybridized carbons (Fsp3) is 0.409. The van der Waals surface area contributed by atoms with Gasteiger partial charge in [0.1, 0.15) is 0 Å². The maximum Gasteiger partial charge on any atom is 0.264 e. The molecule has 0 bridgehead atoms. The smallest absolute Gasteiger partial charge is 0.264 e. The van der Waals surface area contributed by atoms with Crippen molar-refractivity contribution in [2.24, 2.45) is 5.41 Å². The maximum absolute atomic E-state index is 13.0. The van der Waals surface area contributed by atoms with Gasteiger partial charge in [0.05, 0.1) is 10.6 Å². The standard InChI is InChI=1S/C22H28N2O3S/c1-17-9-11-20(12-10-17)28(26,27)23(4)19-8-5-7-18(15-19)21(25)24-14-6-13-22(2,3)16-24/h5,7-12,15H,6,13-14,16H2,1-4H3. The molecule has 1 heterocycles. The minimum atomic E-state index is -3.69. The van der Waals surface area contributed by atoms with E-state index in [1.807, 2.05) is 11.8 Å². The van der Waals surface area contributed by atoms with Crippen LogP contribution in [0.25, 0.3) is 0 Å². The average Bonchev–Trinajstić information content (AvgIpc) is 2.66. The third-order valence-corrected chi connectivity index (χ3v) is 7.12. The normalized spacial score (nSPS) is 16.6. The number of piperidine rings is 1. The summed E-state index contributed by atoms with van der Waals surface area (Å²) in [6.07, 6.45) is 2.09. The Morgan fingerprint density at radius 3 is 2.43 bits per heavy atom. The molecule has 0 aliphatic carbocycles. The van der Waals surface area contributed by atoms with Crippen LogP contribution in [0.4, 0.5) is 5.69 Å². The van der Waals surface area contributed by atoms with Crippen LogP contribution in [-0.2, 0) is 10.0 Å². The van der Waals surface area contributed by atoms with Crippen molar-refractivity contribution in [3.8, 4) is 0 Å². The van der Waals surface area contributed by atoms with Crippen LogP contribution in [-0.4, -0.2) is 39.4 Å². The number of rotatable bonds is 4. The molecular formula is C22H28N2O3S. The van der Waals surface area contributed by atoms with E-state index in [4.69, 9.17) is 0 Å². The van der Waals surface area contributed by atoms with E-state index in [0.717, 1.165) is 24.9 Å². The quantitative estimate of drug-likeness (QED) is 0.777. The van der Waals surface area contributed by atoms with Gasteiger partial charge < -0.3 is 4.90 Å². The Labute approximate surface area is 168 Å². The lowest BCUT2D eigenvalue weighted by atomic mass is 9.84. The molecule has 150 valence electrons. The van der Waals surface area contributed by atoms with Crippen molar-refractivity contribution in [2.75, 3.05) is 24.4 Å². The lowest BCUT2D eigenvalue weighted by Gasteiger charge is -2.38. The van der Waals surface area contributed by atoms with E-state index in [1.165, 1.54) is 11.4 Å². The van der Waals surface area contributed by atoms with Gasteiger partial charge in [0.2, 0.25) is 0 Å². The molecule has 0 spiro atoms. The second kappa shape index (κ2) is 7.59. The first kappa shape index (κ1) is 20.4. The second-order valence-electron chi connectivity index (χ2n) is 8.33. The lowest BCUT2D eigenvalue weighted by molar-refractivity contribution is 0.0583. The average molecular weight is 401 g/mol. The summed E-state index contributed by atoms with van der Waals surface area (Å²) in [6.45, 7) is 7.71. The molecule has 1 amide bonds. The van der Waals surface area contributed by atoms with Gasteiger partial charge in [-0.3, -0.25) is 9.10 Å². The highest BCUT2D eigenvalue weighted by Gasteiger charge is 2.30. The SMILES string of the molecule is Cc1ccc(S(=O)(=O)N(C)c2cccc(C(=O)N3CCCC(C)(C)C3)c2)cc1. The largest absolute Gasteiger partial charge is 0.338 e. The van der Waals surface area contributed by atoms with Crippen LogP contribution in [0.5, 0.6) is 0 Å². The number of likely N-dealkylation sites (tertiary alicyclic amines) is 1. The Hall–Kier alpha value is -2.34. The number of carbonyl (C=O) groups is 1. The number of benzene rings is 2. The predicted octanol–water partition coefficient (Wildman–Crippen LogP) is 4.08. The molecule has 0 saturated carbocycles. The Bertz CT molecular complexity index is 966.